The fraction of sp³-hybridized carbons (Fsp3) is 0.600. The van der Waals surface area contributed by atoms with Crippen LogP contribution in [0.4, 0.5) is 0 Å². The summed E-state index contributed by atoms with van der Waals surface area (Å²) in [6.45, 7) is 5.79. The third-order valence-corrected chi connectivity index (χ3v) is 4.28. The van der Waals surface area contributed by atoms with E-state index in [0.717, 1.165) is 13.1 Å². The lowest BCUT2D eigenvalue weighted by molar-refractivity contribution is 0.199. The minimum absolute atomic E-state index is 0.493. The molecule has 4 heteroatoms. The molecule has 1 aromatic carbocycles. The van der Waals surface area contributed by atoms with Crippen molar-refractivity contribution in [1.82, 2.24) is 15.1 Å². The molecule has 1 aromatic rings. The topological polar surface area (TPSA) is 18.5 Å². The van der Waals surface area contributed by atoms with E-state index < -0.39 is 0 Å². The average molecular weight is 326 g/mol. The van der Waals surface area contributed by atoms with Gasteiger partial charge in [0.25, 0.3) is 0 Å². The molecule has 0 radical (unpaired) electrons. The molecule has 2 rings (SSSR count). The lowest BCUT2D eigenvalue weighted by Gasteiger charge is -2.31. The van der Waals surface area contributed by atoms with Crippen LogP contribution in [0.25, 0.3) is 0 Å². The summed E-state index contributed by atoms with van der Waals surface area (Å²) in [5.41, 5.74) is 1.40. The van der Waals surface area contributed by atoms with Gasteiger partial charge in [0.15, 0.2) is 0 Å². The summed E-state index contributed by atoms with van der Waals surface area (Å²) >= 11 is 3.57. The smallest absolute Gasteiger partial charge is 0.0354 e. The molecule has 3 nitrogen and oxygen atoms in total. The molecule has 0 amide bonds. The summed E-state index contributed by atoms with van der Waals surface area (Å²) < 4.78 is 1.17. The van der Waals surface area contributed by atoms with Crippen LogP contribution in [-0.4, -0.2) is 56.6 Å². The van der Waals surface area contributed by atoms with Crippen molar-refractivity contribution in [2.24, 2.45) is 0 Å². The van der Waals surface area contributed by atoms with Crippen LogP contribution >= 0.6 is 15.9 Å². The first-order valence-electron chi connectivity index (χ1n) is 7.02. The number of halogens is 1. The van der Waals surface area contributed by atoms with Gasteiger partial charge >= 0.3 is 0 Å². The number of hydrogen-bond acceptors (Lipinski definition) is 3. The number of hydrogen-bond donors (Lipinski definition) is 1. The van der Waals surface area contributed by atoms with E-state index in [1.54, 1.807) is 0 Å². The van der Waals surface area contributed by atoms with Crippen molar-refractivity contribution in [1.29, 1.82) is 0 Å². The molecule has 1 aliphatic heterocycles. The molecular weight excluding hydrogens is 302 g/mol. The Morgan fingerprint density at radius 3 is 2.68 bits per heavy atom. The standard InChI is InChI=1S/C15H24BrN3/c1-18(2)15(13-4-3-5-14(16)12-13)6-9-19-10-7-17-8-11-19/h3-5,12,15,17H,6-11H2,1-2H3. The molecule has 106 valence electrons. The summed E-state index contributed by atoms with van der Waals surface area (Å²) in [5.74, 6) is 0. The predicted molar refractivity (Wildman–Crippen MR) is 84.5 cm³/mol. The Bertz CT molecular complexity index is 389. The Hall–Kier alpha value is -0.420. The highest BCUT2D eigenvalue weighted by Gasteiger charge is 2.17. The van der Waals surface area contributed by atoms with Gasteiger partial charge in [0, 0.05) is 43.2 Å². The lowest BCUT2D eigenvalue weighted by atomic mass is 10.0. The van der Waals surface area contributed by atoms with Gasteiger partial charge in [-0.1, -0.05) is 28.1 Å². The van der Waals surface area contributed by atoms with Crippen molar-refractivity contribution in [2.45, 2.75) is 12.5 Å². The maximum atomic E-state index is 3.57. The lowest BCUT2D eigenvalue weighted by Crippen LogP contribution is -2.44. The van der Waals surface area contributed by atoms with Crippen molar-refractivity contribution in [3.63, 3.8) is 0 Å². The van der Waals surface area contributed by atoms with Crippen molar-refractivity contribution < 1.29 is 0 Å². The maximum Gasteiger partial charge on any atom is 0.0354 e. The summed E-state index contributed by atoms with van der Waals surface area (Å²) in [5, 5.41) is 3.41. The number of piperazine rings is 1. The Morgan fingerprint density at radius 2 is 2.05 bits per heavy atom. The molecule has 0 spiro atoms. The molecule has 1 saturated heterocycles. The van der Waals surface area contributed by atoms with E-state index in [9.17, 15) is 0 Å². The maximum absolute atomic E-state index is 3.57. The Morgan fingerprint density at radius 1 is 1.32 bits per heavy atom. The molecule has 1 N–H and O–H groups in total. The highest BCUT2D eigenvalue weighted by molar-refractivity contribution is 9.10. The summed E-state index contributed by atoms with van der Waals surface area (Å²) in [6, 6.07) is 9.18. The minimum Gasteiger partial charge on any atom is -0.314 e. The van der Waals surface area contributed by atoms with E-state index in [0.29, 0.717) is 6.04 Å². The van der Waals surface area contributed by atoms with Crippen LogP contribution in [0.1, 0.15) is 18.0 Å². The first kappa shape index (κ1) is 15.0. The number of nitrogens with zero attached hydrogens (tertiary/aromatic N) is 2. The van der Waals surface area contributed by atoms with Crippen LogP contribution in [0.5, 0.6) is 0 Å². The molecule has 0 aromatic heterocycles. The van der Waals surface area contributed by atoms with Gasteiger partial charge in [-0.3, -0.25) is 0 Å². The highest BCUT2D eigenvalue weighted by Crippen LogP contribution is 2.25. The van der Waals surface area contributed by atoms with Crippen LogP contribution < -0.4 is 5.32 Å². The molecule has 0 aliphatic carbocycles. The fourth-order valence-corrected chi connectivity index (χ4v) is 3.09. The molecule has 1 unspecified atom stereocenters. The van der Waals surface area contributed by atoms with E-state index in [1.807, 2.05) is 0 Å². The molecule has 19 heavy (non-hydrogen) atoms. The van der Waals surface area contributed by atoms with Gasteiger partial charge in [-0.15, -0.1) is 0 Å². The van der Waals surface area contributed by atoms with Crippen LogP contribution in [0.3, 0.4) is 0 Å². The number of nitrogens with one attached hydrogen (secondary N) is 1. The molecule has 1 fully saturated rings. The molecule has 0 bridgehead atoms. The third kappa shape index (κ3) is 4.56. The van der Waals surface area contributed by atoms with Crippen molar-refractivity contribution in [3.05, 3.63) is 34.3 Å². The first-order chi connectivity index (χ1) is 9.16. The Kier molecular flexibility index (Phi) is 5.82. The summed E-state index contributed by atoms with van der Waals surface area (Å²) in [6.07, 6.45) is 1.18. The SMILES string of the molecule is CN(C)C(CCN1CCNCC1)c1cccc(Br)c1. The second-order valence-electron chi connectivity index (χ2n) is 5.41. The highest BCUT2D eigenvalue weighted by atomic mass is 79.9. The fourth-order valence-electron chi connectivity index (χ4n) is 2.68. The van der Waals surface area contributed by atoms with Gasteiger partial charge in [-0.25, -0.2) is 0 Å². The van der Waals surface area contributed by atoms with Gasteiger partial charge in [0.2, 0.25) is 0 Å². The van der Waals surface area contributed by atoms with E-state index in [4.69, 9.17) is 0 Å². The average Bonchev–Trinajstić information content (AvgIpc) is 2.40. The van der Waals surface area contributed by atoms with Gasteiger partial charge < -0.3 is 15.1 Å². The zero-order chi connectivity index (χ0) is 13.7. The van der Waals surface area contributed by atoms with E-state index in [1.165, 1.54) is 36.1 Å². The second kappa shape index (κ2) is 7.39. The Labute approximate surface area is 125 Å². The van der Waals surface area contributed by atoms with E-state index in [2.05, 4.69) is 69.4 Å². The third-order valence-electron chi connectivity index (χ3n) is 3.79. The molecule has 1 aliphatic rings. The first-order valence-corrected chi connectivity index (χ1v) is 7.81. The number of rotatable bonds is 5. The predicted octanol–water partition coefficient (Wildman–Crippen LogP) is 2.35. The molecule has 0 saturated carbocycles. The van der Waals surface area contributed by atoms with Crippen LogP contribution in [0, 0.1) is 0 Å². The van der Waals surface area contributed by atoms with Crippen LogP contribution in [0.2, 0.25) is 0 Å². The van der Waals surface area contributed by atoms with Crippen molar-refractivity contribution in [3.8, 4) is 0 Å². The van der Waals surface area contributed by atoms with Gasteiger partial charge in [-0.2, -0.15) is 0 Å². The molecule has 1 atom stereocenters. The van der Waals surface area contributed by atoms with Crippen LogP contribution in [-0.2, 0) is 0 Å². The second-order valence-corrected chi connectivity index (χ2v) is 6.33. The van der Waals surface area contributed by atoms with Gasteiger partial charge in [0.05, 0.1) is 0 Å². The normalized spacial score (nSPS) is 18.7. The summed E-state index contributed by atoms with van der Waals surface area (Å²) in [7, 11) is 4.34. The Balaban J connectivity index is 1.96. The molecular formula is C15H24BrN3. The monoisotopic (exact) mass is 325 g/mol. The largest absolute Gasteiger partial charge is 0.314 e. The van der Waals surface area contributed by atoms with Crippen molar-refractivity contribution >= 4 is 15.9 Å². The number of benzene rings is 1. The van der Waals surface area contributed by atoms with Gasteiger partial charge in [0.1, 0.15) is 0 Å². The van der Waals surface area contributed by atoms with Crippen LogP contribution in [0.15, 0.2) is 28.7 Å². The zero-order valence-electron chi connectivity index (χ0n) is 11.9. The minimum atomic E-state index is 0.493. The quantitative estimate of drug-likeness (QED) is 0.896. The molecule has 1 heterocycles. The van der Waals surface area contributed by atoms with Crippen molar-refractivity contribution in [2.75, 3.05) is 46.8 Å². The summed E-state index contributed by atoms with van der Waals surface area (Å²) in [4.78, 5) is 4.88. The van der Waals surface area contributed by atoms with E-state index in [-0.39, 0.29) is 0 Å². The van der Waals surface area contributed by atoms with Gasteiger partial charge in [-0.05, 0) is 38.2 Å². The van der Waals surface area contributed by atoms with E-state index >= 15 is 0 Å². The zero-order valence-corrected chi connectivity index (χ0v) is 13.5.